The molecule has 0 saturated heterocycles. The van der Waals surface area contributed by atoms with Crippen LogP contribution in [0, 0.1) is 18.3 Å². The van der Waals surface area contributed by atoms with E-state index in [1.165, 1.54) is 13.0 Å². The van der Waals surface area contributed by atoms with Crippen molar-refractivity contribution in [3.05, 3.63) is 64.4 Å². The van der Waals surface area contributed by atoms with E-state index in [0.717, 1.165) is 0 Å². The molecule has 0 amide bonds. The minimum Gasteiger partial charge on any atom is -0.418 e. The molecular weight excluding hydrogens is 352 g/mol. The summed E-state index contributed by atoms with van der Waals surface area (Å²) >= 11 is 6.20. The highest BCUT2D eigenvalue weighted by molar-refractivity contribution is 6.32. The molecule has 0 aliphatic carbocycles. The van der Waals surface area contributed by atoms with Crippen molar-refractivity contribution in [3.63, 3.8) is 0 Å². The highest BCUT2D eigenvalue weighted by Crippen LogP contribution is 2.31. The van der Waals surface area contributed by atoms with E-state index >= 15 is 0 Å². The largest absolute Gasteiger partial charge is 0.418 e. The summed E-state index contributed by atoms with van der Waals surface area (Å²) in [5.74, 6) is -0.328. The quantitative estimate of drug-likeness (QED) is 0.699. The molecule has 0 bridgehead atoms. The molecule has 2 atom stereocenters. The summed E-state index contributed by atoms with van der Waals surface area (Å²) < 4.78 is 44.9. The minimum atomic E-state index is -1.01. The molecule has 2 N–H and O–H groups in total. The van der Waals surface area contributed by atoms with Crippen molar-refractivity contribution in [1.82, 2.24) is 10.2 Å². The molecule has 1 aromatic heterocycles. The van der Waals surface area contributed by atoms with E-state index in [1.54, 1.807) is 13.0 Å². The normalized spacial score (nSPS) is 15.7. The first kappa shape index (κ1) is 12.5. The molecule has 0 fully saturated rings. The number of benzene rings is 2. The van der Waals surface area contributed by atoms with Crippen LogP contribution in [0.2, 0.25) is 5.02 Å². The average molecular weight is 374 g/mol. The van der Waals surface area contributed by atoms with Crippen molar-refractivity contribution in [2.45, 2.75) is 26.0 Å². The molecular formula is C19H17ClN4O2. The maximum Gasteiger partial charge on any atom is 0.247 e. The van der Waals surface area contributed by atoms with Crippen LogP contribution >= 0.6 is 11.6 Å². The lowest BCUT2D eigenvalue weighted by atomic mass is 10.1. The van der Waals surface area contributed by atoms with Crippen molar-refractivity contribution in [2.75, 3.05) is 5.32 Å². The number of hydrogen-bond donors (Lipinski definition) is 2. The molecule has 0 radical (unpaired) electrons. The Balaban J connectivity index is 2.03. The van der Waals surface area contributed by atoms with E-state index in [9.17, 15) is 5.11 Å². The third kappa shape index (κ3) is 3.54. The van der Waals surface area contributed by atoms with E-state index in [2.05, 4.69) is 15.5 Å². The molecule has 26 heavy (non-hydrogen) atoms. The molecule has 132 valence electrons. The second-order valence-electron chi connectivity index (χ2n) is 5.52. The van der Waals surface area contributed by atoms with Gasteiger partial charge in [-0.3, -0.25) is 0 Å². The second kappa shape index (κ2) is 7.56. The van der Waals surface area contributed by atoms with Crippen LogP contribution in [0.1, 0.15) is 36.8 Å². The van der Waals surface area contributed by atoms with Crippen molar-refractivity contribution >= 4 is 17.3 Å². The van der Waals surface area contributed by atoms with Crippen LogP contribution in [0.25, 0.3) is 11.5 Å². The van der Waals surface area contributed by atoms with E-state index < -0.39 is 42.4 Å². The first-order valence-electron chi connectivity index (χ1n) is 10.1. The van der Waals surface area contributed by atoms with Crippen molar-refractivity contribution in [3.8, 4) is 17.5 Å². The number of nitrogens with one attached hydrogen (secondary N) is 1. The molecule has 0 spiro atoms. The van der Waals surface area contributed by atoms with Crippen LogP contribution in [0.5, 0.6) is 0 Å². The molecule has 2 aromatic carbocycles. The minimum absolute atomic E-state index is 0.0586. The standard InChI is InChI=1S/C19H17ClN4O2/c1-11-15(9-8-14(10-21)16(11)20)22-17(12(2)25)19-24-23-18(26-19)13-6-4-3-5-7-13/h3-9,12,17,22,25H,1-2H3/i3D,4D,5D,6D,7D. The lowest BCUT2D eigenvalue weighted by molar-refractivity contribution is 0.159. The topological polar surface area (TPSA) is 95.0 Å². The summed E-state index contributed by atoms with van der Waals surface area (Å²) in [5.41, 5.74) is 1.18. The zero-order chi connectivity index (χ0) is 23.0. The van der Waals surface area contributed by atoms with Gasteiger partial charge in [-0.15, -0.1) is 10.2 Å². The van der Waals surface area contributed by atoms with Crippen molar-refractivity contribution in [2.24, 2.45) is 0 Å². The lowest BCUT2D eigenvalue weighted by Crippen LogP contribution is -2.23. The van der Waals surface area contributed by atoms with Crippen LogP contribution < -0.4 is 5.32 Å². The first-order chi connectivity index (χ1) is 14.6. The summed E-state index contributed by atoms with van der Waals surface area (Å²) in [4.78, 5) is 0. The molecule has 0 aliphatic heterocycles. The molecule has 0 saturated carbocycles. The molecule has 6 nitrogen and oxygen atoms in total. The summed E-state index contributed by atoms with van der Waals surface area (Å²) in [6.07, 6.45) is -1.01. The van der Waals surface area contributed by atoms with Gasteiger partial charge in [-0.05, 0) is 43.6 Å². The highest BCUT2D eigenvalue weighted by atomic mass is 35.5. The predicted molar refractivity (Wildman–Crippen MR) is 98.7 cm³/mol. The first-order valence-corrected chi connectivity index (χ1v) is 8.00. The monoisotopic (exact) mass is 373 g/mol. The Morgan fingerprint density at radius 3 is 2.69 bits per heavy atom. The number of halogens is 1. The van der Waals surface area contributed by atoms with Gasteiger partial charge < -0.3 is 14.8 Å². The number of anilines is 1. The summed E-state index contributed by atoms with van der Waals surface area (Å²) in [6, 6.07) is 1.72. The highest BCUT2D eigenvalue weighted by Gasteiger charge is 2.25. The van der Waals surface area contributed by atoms with Crippen LogP contribution in [-0.4, -0.2) is 21.4 Å². The number of aliphatic hydroxyl groups excluding tert-OH is 1. The molecule has 0 aliphatic rings. The van der Waals surface area contributed by atoms with Gasteiger partial charge in [0.1, 0.15) is 12.1 Å². The number of aliphatic hydroxyl groups is 1. The van der Waals surface area contributed by atoms with Gasteiger partial charge in [-0.2, -0.15) is 5.26 Å². The van der Waals surface area contributed by atoms with Crippen LogP contribution in [0.4, 0.5) is 5.69 Å². The van der Waals surface area contributed by atoms with Crippen LogP contribution in [0.3, 0.4) is 0 Å². The van der Waals surface area contributed by atoms with Crippen LogP contribution in [0.15, 0.2) is 46.8 Å². The van der Waals surface area contributed by atoms with Gasteiger partial charge in [-0.25, -0.2) is 0 Å². The lowest BCUT2D eigenvalue weighted by Gasteiger charge is -2.21. The van der Waals surface area contributed by atoms with Crippen LogP contribution in [-0.2, 0) is 0 Å². The third-order valence-corrected chi connectivity index (χ3v) is 4.21. The van der Waals surface area contributed by atoms with Crippen molar-refractivity contribution < 1.29 is 16.4 Å². The summed E-state index contributed by atoms with van der Waals surface area (Å²) in [6.45, 7) is 3.20. The zero-order valence-electron chi connectivity index (χ0n) is 18.9. The average Bonchev–Trinajstić information content (AvgIpc) is 3.21. The van der Waals surface area contributed by atoms with Gasteiger partial charge in [0.25, 0.3) is 0 Å². The Morgan fingerprint density at radius 1 is 1.31 bits per heavy atom. The predicted octanol–water partition coefficient (Wildman–Crippen LogP) is 4.10. The molecule has 3 rings (SSSR count). The van der Waals surface area contributed by atoms with E-state index in [4.69, 9.17) is 28.1 Å². The smallest absolute Gasteiger partial charge is 0.247 e. The molecule has 1 heterocycles. The van der Waals surface area contributed by atoms with Gasteiger partial charge in [0.15, 0.2) is 0 Å². The van der Waals surface area contributed by atoms with E-state index in [-0.39, 0.29) is 22.4 Å². The number of nitriles is 1. The molecule has 7 heteroatoms. The third-order valence-electron chi connectivity index (χ3n) is 3.72. The Hall–Kier alpha value is -2.88. The van der Waals surface area contributed by atoms with Gasteiger partial charge in [0.05, 0.1) is 23.5 Å². The number of aromatic nitrogens is 2. The van der Waals surface area contributed by atoms with Gasteiger partial charge in [0, 0.05) is 11.3 Å². The Morgan fingerprint density at radius 2 is 2.04 bits per heavy atom. The fourth-order valence-electron chi connectivity index (χ4n) is 2.30. The molecule has 2 unspecified atom stereocenters. The fourth-order valence-corrected chi connectivity index (χ4v) is 2.51. The number of nitrogens with zero attached hydrogens (tertiary/aromatic N) is 3. The van der Waals surface area contributed by atoms with Gasteiger partial charge in [0.2, 0.25) is 11.8 Å². The maximum atomic E-state index is 10.3. The van der Waals surface area contributed by atoms with E-state index in [1.807, 2.05) is 6.07 Å². The van der Waals surface area contributed by atoms with E-state index in [0.29, 0.717) is 16.8 Å². The second-order valence-corrected chi connectivity index (χ2v) is 5.90. The molecule has 3 aromatic rings. The Bertz CT molecular complexity index is 1180. The Labute approximate surface area is 163 Å². The number of rotatable bonds is 5. The fraction of sp³-hybridized carbons (Fsp3) is 0.211. The van der Waals surface area contributed by atoms with Crippen molar-refractivity contribution in [1.29, 1.82) is 5.26 Å². The summed E-state index contributed by atoms with van der Waals surface area (Å²) in [5, 5.41) is 30.4. The summed E-state index contributed by atoms with van der Waals surface area (Å²) in [7, 11) is 0. The zero-order valence-corrected chi connectivity index (χ0v) is 14.6. The maximum absolute atomic E-state index is 10.3. The number of hydrogen-bond acceptors (Lipinski definition) is 6. The van der Waals surface area contributed by atoms with Gasteiger partial charge in [-0.1, -0.05) is 29.7 Å². The SMILES string of the molecule is [2H]c1c([2H])c([2H])c(-c2nnc(C(Nc3ccc(C#N)c(Cl)c3C)C(C)O)o2)c([2H])c1[2H]. The van der Waals surface area contributed by atoms with Gasteiger partial charge >= 0.3 is 0 Å². The Kier molecular flexibility index (Phi) is 3.63.